The summed E-state index contributed by atoms with van der Waals surface area (Å²) in [5, 5.41) is 8.66. The van der Waals surface area contributed by atoms with Gasteiger partial charge in [0.1, 0.15) is 11.1 Å². The minimum atomic E-state index is 0.329. The monoisotopic (exact) mass is 155 g/mol. The molecule has 0 amide bonds. The first-order valence-corrected chi connectivity index (χ1v) is 3.71. The number of halogens is 1. The van der Waals surface area contributed by atoms with E-state index in [1.165, 1.54) is 0 Å². The summed E-state index contributed by atoms with van der Waals surface area (Å²) in [6, 6.07) is 1.90. The first-order valence-electron chi connectivity index (χ1n) is 3.34. The van der Waals surface area contributed by atoms with Crippen LogP contribution in [0.3, 0.4) is 0 Å². The molecule has 0 N–H and O–H groups in total. The number of hydrogen-bond acceptors (Lipinski definition) is 1. The van der Waals surface area contributed by atoms with Gasteiger partial charge in [-0.25, -0.2) is 0 Å². The molecule has 1 nitrogen and oxygen atoms in total. The van der Waals surface area contributed by atoms with Gasteiger partial charge in [-0.3, -0.25) is 0 Å². The molecular formula is C8H10ClN. The minimum Gasteiger partial charge on any atom is -0.191 e. The maximum Gasteiger partial charge on any atom is 0.114 e. The average Bonchev–Trinajstić information content (AvgIpc) is 2.40. The first-order chi connectivity index (χ1) is 4.56. The summed E-state index contributed by atoms with van der Waals surface area (Å²) in [6.07, 6.45) is 3.01. The van der Waals surface area contributed by atoms with Gasteiger partial charge in [-0.2, -0.15) is 5.26 Å². The third-order valence-corrected chi connectivity index (χ3v) is 2.25. The van der Waals surface area contributed by atoms with Crippen molar-refractivity contribution in [1.29, 1.82) is 5.26 Å². The second kappa shape index (κ2) is 2.29. The molecule has 0 saturated heterocycles. The van der Waals surface area contributed by atoms with Crippen LogP contribution in [0.1, 0.15) is 20.3 Å². The Kier molecular flexibility index (Phi) is 1.74. The Morgan fingerprint density at radius 1 is 1.80 bits per heavy atom. The van der Waals surface area contributed by atoms with Crippen LogP contribution in [0.5, 0.6) is 0 Å². The van der Waals surface area contributed by atoms with E-state index in [-0.39, 0.29) is 0 Å². The Hall–Kier alpha value is -0.480. The molecule has 0 bridgehead atoms. The molecule has 1 rings (SSSR count). The summed E-state index contributed by atoms with van der Waals surface area (Å²) in [7, 11) is 0. The van der Waals surface area contributed by atoms with Crippen LogP contribution in [0.25, 0.3) is 0 Å². The van der Waals surface area contributed by atoms with Crippen LogP contribution in [0.2, 0.25) is 0 Å². The molecule has 1 aliphatic rings. The molecule has 0 aromatic heterocycles. The lowest BCUT2D eigenvalue weighted by atomic mass is 10.1. The van der Waals surface area contributed by atoms with E-state index >= 15 is 0 Å². The molecular weight excluding hydrogens is 146 g/mol. The molecule has 1 aliphatic carbocycles. The third kappa shape index (κ3) is 1.52. The number of allylic oxidation sites excluding steroid dienone is 2. The van der Waals surface area contributed by atoms with Gasteiger partial charge in [-0.1, -0.05) is 31.5 Å². The van der Waals surface area contributed by atoms with Gasteiger partial charge in [0, 0.05) is 0 Å². The highest BCUT2D eigenvalue weighted by Gasteiger charge is 2.43. The van der Waals surface area contributed by atoms with Crippen molar-refractivity contribution in [3.63, 3.8) is 0 Å². The van der Waals surface area contributed by atoms with E-state index in [9.17, 15) is 0 Å². The van der Waals surface area contributed by atoms with E-state index in [0.29, 0.717) is 16.4 Å². The maximum absolute atomic E-state index is 8.33. The fraction of sp³-hybridized carbons (Fsp3) is 0.625. The Morgan fingerprint density at radius 3 is 2.60 bits per heavy atom. The summed E-state index contributed by atoms with van der Waals surface area (Å²) >= 11 is 5.53. The van der Waals surface area contributed by atoms with Gasteiger partial charge < -0.3 is 0 Å². The molecule has 2 heteroatoms. The van der Waals surface area contributed by atoms with E-state index < -0.39 is 0 Å². The largest absolute Gasteiger partial charge is 0.191 e. The number of nitrogens with zero attached hydrogens (tertiary/aromatic N) is 1. The van der Waals surface area contributed by atoms with Crippen LogP contribution < -0.4 is 0 Å². The van der Waals surface area contributed by atoms with Gasteiger partial charge in [0.25, 0.3) is 0 Å². The smallest absolute Gasteiger partial charge is 0.114 e. The summed E-state index contributed by atoms with van der Waals surface area (Å²) in [4.78, 5) is 0. The lowest BCUT2D eigenvalue weighted by molar-refractivity contribution is 0.610. The van der Waals surface area contributed by atoms with Crippen LogP contribution in [0, 0.1) is 22.7 Å². The predicted molar refractivity (Wildman–Crippen MR) is 41.4 cm³/mol. The Balaban J connectivity index is 2.52. The summed E-state index contributed by atoms with van der Waals surface area (Å²) in [6.45, 7) is 4.35. The van der Waals surface area contributed by atoms with Crippen molar-refractivity contribution in [2.24, 2.45) is 11.3 Å². The molecule has 54 valence electrons. The fourth-order valence-electron chi connectivity index (χ4n) is 1.01. The summed E-state index contributed by atoms with van der Waals surface area (Å²) in [5.74, 6) is 0.527. The molecule has 1 unspecified atom stereocenters. The molecule has 0 spiro atoms. The second-order valence-electron chi connectivity index (χ2n) is 3.43. The van der Waals surface area contributed by atoms with Gasteiger partial charge in [-0.15, -0.1) is 0 Å². The van der Waals surface area contributed by atoms with Crippen molar-refractivity contribution in [3.8, 4) is 6.07 Å². The summed E-state index contributed by atoms with van der Waals surface area (Å²) in [5.41, 5.74) is 0.386. The highest BCUT2D eigenvalue weighted by molar-refractivity contribution is 6.31. The van der Waals surface area contributed by atoms with E-state index in [2.05, 4.69) is 13.8 Å². The number of rotatable bonds is 1. The van der Waals surface area contributed by atoms with Crippen molar-refractivity contribution in [1.82, 2.24) is 0 Å². The highest BCUT2D eigenvalue weighted by atomic mass is 35.5. The quantitative estimate of drug-likeness (QED) is 0.534. The Labute approximate surface area is 66.3 Å². The van der Waals surface area contributed by atoms with Crippen LogP contribution in [0.15, 0.2) is 11.1 Å². The Bertz CT molecular complexity index is 210. The van der Waals surface area contributed by atoms with E-state index in [4.69, 9.17) is 16.9 Å². The van der Waals surface area contributed by atoms with Crippen molar-refractivity contribution < 1.29 is 0 Å². The van der Waals surface area contributed by atoms with E-state index in [0.717, 1.165) is 6.42 Å². The standard InChI is InChI=1S/C8H10ClN/c1-8(2)4-6(8)3-7(9)5-10/h3,6H,4H2,1-2H3. The number of hydrogen-bond donors (Lipinski definition) is 0. The van der Waals surface area contributed by atoms with Crippen LogP contribution in [-0.2, 0) is 0 Å². The van der Waals surface area contributed by atoms with Crippen LogP contribution >= 0.6 is 11.6 Å². The molecule has 10 heavy (non-hydrogen) atoms. The number of nitriles is 1. The van der Waals surface area contributed by atoms with Crippen LogP contribution in [0.4, 0.5) is 0 Å². The molecule has 1 atom stereocenters. The molecule has 1 saturated carbocycles. The topological polar surface area (TPSA) is 23.8 Å². The van der Waals surface area contributed by atoms with Gasteiger partial charge in [0.05, 0.1) is 0 Å². The van der Waals surface area contributed by atoms with Gasteiger partial charge in [0.2, 0.25) is 0 Å². The van der Waals surface area contributed by atoms with Crippen LogP contribution in [-0.4, -0.2) is 0 Å². The molecule has 0 aromatic carbocycles. The maximum atomic E-state index is 8.33. The lowest BCUT2D eigenvalue weighted by Crippen LogP contribution is -1.86. The zero-order chi connectivity index (χ0) is 7.78. The van der Waals surface area contributed by atoms with E-state index in [1.54, 1.807) is 0 Å². The molecule has 0 radical (unpaired) electrons. The minimum absolute atomic E-state index is 0.329. The average molecular weight is 156 g/mol. The molecule has 1 fully saturated rings. The SMILES string of the molecule is CC1(C)CC1C=C(Cl)C#N. The highest BCUT2D eigenvalue weighted by Crippen LogP contribution is 2.52. The first kappa shape index (κ1) is 7.63. The van der Waals surface area contributed by atoms with Gasteiger partial charge >= 0.3 is 0 Å². The normalized spacial score (nSPS) is 29.4. The predicted octanol–water partition coefficient (Wildman–Crippen LogP) is 2.68. The van der Waals surface area contributed by atoms with Crippen molar-refractivity contribution >= 4 is 11.6 Å². The van der Waals surface area contributed by atoms with Crippen molar-refractivity contribution in [2.45, 2.75) is 20.3 Å². The van der Waals surface area contributed by atoms with Crippen molar-refractivity contribution in [3.05, 3.63) is 11.1 Å². The molecule has 0 heterocycles. The second-order valence-corrected chi connectivity index (χ2v) is 3.83. The zero-order valence-electron chi connectivity index (χ0n) is 6.19. The summed E-state index contributed by atoms with van der Waals surface area (Å²) < 4.78 is 0. The zero-order valence-corrected chi connectivity index (χ0v) is 6.94. The molecule has 0 aliphatic heterocycles. The third-order valence-electron chi connectivity index (χ3n) is 2.04. The molecule has 0 aromatic rings. The lowest BCUT2D eigenvalue weighted by Gasteiger charge is -1.94. The van der Waals surface area contributed by atoms with Gasteiger partial charge in [0.15, 0.2) is 0 Å². The fourth-order valence-corrected chi connectivity index (χ4v) is 1.16. The van der Waals surface area contributed by atoms with E-state index in [1.807, 2.05) is 12.1 Å². The van der Waals surface area contributed by atoms with Crippen molar-refractivity contribution in [2.75, 3.05) is 0 Å². The van der Waals surface area contributed by atoms with Gasteiger partial charge in [-0.05, 0) is 17.8 Å². The Morgan fingerprint density at radius 2 is 2.30 bits per heavy atom.